The van der Waals surface area contributed by atoms with E-state index < -0.39 is 0 Å². The number of benzene rings is 1. The van der Waals surface area contributed by atoms with Crippen molar-refractivity contribution in [2.75, 3.05) is 10.7 Å². The third-order valence-electron chi connectivity index (χ3n) is 2.44. The van der Waals surface area contributed by atoms with Crippen LogP contribution in [0, 0.1) is 13.8 Å². The summed E-state index contributed by atoms with van der Waals surface area (Å²) in [6.07, 6.45) is 0. The van der Waals surface area contributed by atoms with Gasteiger partial charge in [-0.25, -0.2) is 0 Å². The van der Waals surface area contributed by atoms with Crippen LogP contribution in [0.5, 0.6) is 0 Å². The maximum atomic E-state index is 12.0. The molecule has 6 heteroatoms. The van der Waals surface area contributed by atoms with Gasteiger partial charge in [0.15, 0.2) is 5.82 Å². The Bertz CT molecular complexity index is 577. The molecule has 1 aromatic carbocycles. The third kappa shape index (κ3) is 2.49. The minimum absolute atomic E-state index is 0.295. The van der Waals surface area contributed by atoms with Crippen LogP contribution in [0.3, 0.4) is 0 Å². The number of carbonyl (C=O) groups is 1. The smallest absolute Gasteiger partial charge is 0.259 e. The normalized spacial score (nSPS) is 10.2. The number of aromatic nitrogens is 1. The zero-order valence-corrected chi connectivity index (χ0v) is 10.2. The number of hydrazine groups is 1. The van der Waals surface area contributed by atoms with Crippen LogP contribution in [0.1, 0.15) is 21.7 Å². The molecule has 0 spiro atoms. The Morgan fingerprint density at radius 3 is 2.72 bits per heavy atom. The monoisotopic (exact) mass is 246 g/mol. The molecule has 0 aliphatic heterocycles. The number of rotatable bonds is 3. The first kappa shape index (κ1) is 12.1. The van der Waals surface area contributed by atoms with Crippen LogP contribution in [-0.2, 0) is 0 Å². The molecule has 1 heterocycles. The minimum atomic E-state index is -0.295. The number of aryl methyl sites for hydroxylation is 2. The van der Waals surface area contributed by atoms with E-state index in [0.717, 1.165) is 5.56 Å². The molecule has 0 aliphatic carbocycles. The van der Waals surface area contributed by atoms with E-state index in [1.807, 2.05) is 13.0 Å². The van der Waals surface area contributed by atoms with E-state index in [4.69, 9.17) is 10.4 Å². The topological polar surface area (TPSA) is 93.2 Å². The van der Waals surface area contributed by atoms with Gasteiger partial charge in [-0.15, -0.1) is 0 Å². The van der Waals surface area contributed by atoms with Gasteiger partial charge in [-0.2, -0.15) is 0 Å². The Hall–Kier alpha value is -2.34. The molecule has 0 unspecified atom stereocenters. The van der Waals surface area contributed by atoms with E-state index in [-0.39, 0.29) is 5.91 Å². The molecule has 0 aliphatic rings. The predicted octanol–water partition coefficient (Wildman–Crippen LogP) is 1.83. The zero-order valence-electron chi connectivity index (χ0n) is 10.2. The van der Waals surface area contributed by atoms with Gasteiger partial charge in [0.1, 0.15) is 5.76 Å². The number of nitrogens with one attached hydrogen (secondary N) is 2. The number of nitrogens with zero attached hydrogens (tertiary/aromatic N) is 1. The molecule has 0 atom stereocenters. The van der Waals surface area contributed by atoms with Gasteiger partial charge in [0, 0.05) is 6.07 Å². The van der Waals surface area contributed by atoms with Crippen molar-refractivity contribution in [2.45, 2.75) is 13.8 Å². The molecular formula is C12H14N4O2. The first-order valence-corrected chi connectivity index (χ1v) is 5.42. The molecule has 0 bridgehead atoms. The van der Waals surface area contributed by atoms with Gasteiger partial charge in [0.2, 0.25) is 0 Å². The van der Waals surface area contributed by atoms with Crippen molar-refractivity contribution in [1.29, 1.82) is 0 Å². The van der Waals surface area contributed by atoms with Gasteiger partial charge in [0.25, 0.3) is 5.91 Å². The number of hydrogen-bond acceptors (Lipinski definition) is 5. The molecule has 0 fully saturated rings. The molecule has 0 radical (unpaired) electrons. The molecule has 2 aromatic rings. The van der Waals surface area contributed by atoms with Crippen LogP contribution < -0.4 is 16.6 Å². The average Bonchev–Trinajstić information content (AvgIpc) is 2.74. The van der Waals surface area contributed by atoms with Crippen LogP contribution in [0.25, 0.3) is 0 Å². The van der Waals surface area contributed by atoms with E-state index in [1.54, 1.807) is 25.1 Å². The summed E-state index contributed by atoms with van der Waals surface area (Å²) in [5.74, 6) is 6.10. The number of nitrogen functional groups attached to an aromatic ring is 1. The van der Waals surface area contributed by atoms with Crippen LogP contribution in [-0.4, -0.2) is 11.1 Å². The second-order valence-corrected chi connectivity index (χ2v) is 3.97. The predicted molar refractivity (Wildman–Crippen MR) is 68.2 cm³/mol. The summed E-state index contributed by atoms with van der Waals surface area (Å²) in [4.78, 5) is 12.0. The SMILES string of the molecule is Cc1ccc(C(=O)Nc2cc(C)on2)c(NN)c1. The number of hydrogen-bond donors (Lipinski definition) is 3. The highest BCUT2D eigenvalue weighted by Crippen LogP contribution is 2.18. The maximum Gasteiger partial charge on any atom is 0.259 e. The summed E-state index contributed by atoms with van der Waals surface area (Å²) in [6.45, 7) is 3.67. The van der Waals surface area contributed by atoms with Crippen LogP contribution >= 0.6 is 0 Å². The minimum Gasteiger partial charge on any atom is -0.360 e. The summed E-state index contributed by atoms with van der Waals surface area (Å²) in [7, 11) is 0. The van der Waals surface area contributed by atoms with Gasteiger partial charge < -0.3 is 15.3 Å². The molecule has 0 saturated heterocycles. The summed E-state index contributed by atoms with van der Waals surface area (Å²) in [6, 6.07) is 6.97. The lowest BCUT2D eigenvalue weighted by molar-refractivity contribution is 0.102. The quantitative estimate of drug-likeness (QED) is 0.567. The Morgan fingerprint density at radius 1 is 1.33 bits per heavy atom. The fraction of sp³-hybridized carbons (Fsp3) is 0.167. The van der Waals surface area contributed by atoms with Crippen LogP contribution in [0.4, 0.5) is 11.5 Å². The van der Waals surface area contributed by atoms with Crippen molar-refractivity contribution in [1.82, 2.24) is 5.16 Å². The highest BCUT2D eigenvalue weighted by molar-refractivity contribution is 6.07. The van der Waals surface area contributed by atoms with E-state index in [0.29, 0.717) is 22.8 Å². The Balaban J connectivity index is 2.23. The number of nitrogens with two attached hydrogens (primary N) is 1. The highest BCUT2D eigenvalue weighted by atomic mass is 16.5. The van der Waals surface area contributed by atoms with E-state index in [2.05, 4.69) is 15.9 Å². The summed E-state index contributed by atoms with van der Waals surface area (Å²) < 4.78 is 4.87. The van der Waals surface area contributed by atoms with Crippen molar-refractivity contribution in [3.05, 3.63) is 41.2 Å². The summed E-state index contributed by atoms with van der Waals surface area (Å²) >= 11 is 0. The maximum absolute atomic E-state index is 12.0. The molecule has 94 valence electrons. The van der Waals surface area contributed by atoms with Gasteiger partial charge in [-0.3, -0.25) is 10.6 Å². The lowest BCUT2D eigenvalue weighted by Gasteiger charge is -2.08. The lowest BCUT2D eigenvalue weighted by Crippen LogP contribution is -2.17. The number of carbonyl (C=O) groups excluding carboxylic acids is 1. The van der Waals surface area contributed by atoms with E-state index >= 15 is 0 Å². The fourth-order valence-electron chi connectivity index (χ4n) is 1.58. The molecule has 4 N–H and O–H groups in total. The number of anilines is 2. The largest absolute Gasteiger partial charge is 0.360 e. The average molecular weight is 246 g/mol. The summed E-state index contributed by atoms with van der Waals surface area (Å²) in [5, 5.41) is 6.33. The first-order valence-electron chi connectivity index (χ1n) is 5.42. The Labute approximate surface area is 104 Å². The molecule has 2 rings (SSSR count). The van der Waals surface area contributed by atoms with Crippen molar-refractivity contribution in [2.24, 2.45) is 5.84 Å². The standard InChI is InChI=1S/C12H14N4O2/c1-7-3-4-9(10(5-7)15-13)12(17)14-11-6-8(2)18-16-11/h3-6,15H,13H2,1-2H3,(H,14,16,17). The lowest BCUT2D eigenvalue weighted by atomic mass is 10.1. The third-order valence-corrected chi connectivity index (χ3v) is 2.44. The van der Waals surface area contributed by atoms with Gasteiger partial charge >= 0.3 is 0 Å². The molecule has 6 nitrogen and oxygen atoms in total. The van der Waals surface area contributed by atoms with Crippen molar-refractivity contribution < 1.29 is 9.32 Å². The van der Waals surface area contributed by atoms with E-state index in [1.165, 1.54) is 0 Å². The van der Waals surface area contributed by atoms with Gasteiger partial charge in [-0.05, 0) is 31.5 Å². The van der Waals surface area contributed by atoms with Crippen molar-refractivity contribution in [3.8, 4) is 0 Å². The molecular weight excluding hydrogens is 232 g/mol. The highest BCUT2D eigenvalue weighted by Gasteiger charge is 2.12. The second kappa shape index (κ2) is 4.89. The molecule has 1 aromatic heterocycles. The second-order valence-electron chi connectivity index (χ2n) is 3.97. The first-order chi connectivity index (χ1) is 8.60. The molecule has 0 saturated carbocycles. The summed E-state index contributed by atoms with van der Waals surface area (Å²) in [5.41, 5.74) is 4.53. The number of amides is 1. The molecule has 18 heavy (non-hydrogen) atoms. The van der Waals surface area contributed by atoms with Crippen molar-refractivity contribution in [3.63, 3.8) is 0 Å². The Kier molecular flexibility index (Phi) is 3.29. The molecule has 1 amide bonds. The van der Waals surface area contributed by atoms with Crippen molar-refractivity contribution >= 4 is 17.4 Å². The Morgan fingerprint density at radius 2 is 2.11 bits per heavy atom. The zero-order chi connectivity index (χ0) is 13.1. The fourth-order valence-corrected chi connectivity index (χ4v) is 1.58. The van der Waals surface area contributed by atoms with E-state index in [9.17, 15) is 4.79 Å². The van der Waals surface area contributed by atoms with Gasteiger partial charge in [0.05, 0.1) is 11.3 Å². The van der Waals surface area contributed by atoms with Gasteiger partial charge in [-0.1, -0.05) is 11.2 Å². The van der Waals surface area contributed by atoms with Crippen LogP contribution in [0.15, 0.2) is 28.8 Å². The van der Waals surface area contributed by atoms with Crippen LogP contribution in [0.2, 0.25) is 0 Å².